The van der Waals surface area contributed by atoms with E-state index in [0.717, 1.165) is 72.6 Å². The van der Waals surface area contributed by atoms with E-state index in [1.807, 2.05) is 36.4 Å². The molecule has 0 aliphatic carbocycles. The molecule has 0 spiro atoms. The van der Waals surface area contributed by atoms with E-state index < -0.39 is 0 Å². The van der Waals surface area contributed by atoms with E-state index in [-0.39, 0.29) is 5.91 Å². The van der Waals surface area contributed by atoms with Crippen molar-refractivity contribution in [2.45, 2.75) is 25.3 Å². The lowest BCUT2D eigenvalue weighted by Gasteiger charge is -2.37. The standard InChI is InChI=1S/C28H32N8O3/c1-35(11-8-19-14-21(39-2)6-7-23(19)31-18-37)20-9-12-36(13-10-20)27-15-26(29-17-30-27)28(38)33-24-4-3-5-25-22(24)16-32-34-25/h3-7,14-18,20H,8-13H2,1-2H3,(H,31,37)(H,32,34)(H,33,38). The van der Waals surface area contributed by atoms with Crippen LogP contribution >= 0.6 is 0 Å². The second-order valence-electron chi connectivity index (χ2n) is 9.59. The molecule has 2 amide bonds. The highest BCUT2D eigenvalue weighted by atomic mass is 16.5. The third-order valence-corrected chi connectivity index (χ3v) is 7.29. The number of fused-ring (bicyclic) bond motifs is 1. The van der Waals surface area contributed by atoms with Gasteiger partial charge in [0.2, 0.25) is 6.41 Å². The molecule has 1 saturated heterocycles. The number of benzene rings is 2. The van der Waals surface area contributed by atoms with E-state index in [1.165, 1.54) is 6.33 Å². The number of aromatic nitrogens is 4. The number of nitrogens with zero attached hydrogens (tertiary/aromatic N) is 5. The average molecular weight is 529 g/mol. The molecule has 1 fully saturated rings. The van der Waals surface area contributed by atoms with E-state index in [0.29, 0.717) is 23.8 Å². The maximum Gasteiger partial charge on any atom is 0.274 e. The topological polar surface area (TPSA) is 128 Å². The molecule has 0 bridgehead atoms. The summed E-state index contributed by atoms with van der Waals surface area (Å²) in [6, 6.07) is 13.5. The van der Waals surface area contributed by atoms with Gasteiger partial charge in [-0.25, -0.2) is 9.97 Å². The Hall–Kier alpha value is -4.51. The van der Waals surface area contributed by atoms with Crippen LogP contribution in [0.3, 0.4) is 0 Å². The zero-order valence-corrected chi connectivity index (χ0v) is 22.1. The summed E-state index contributed by atoms with van der Waals surface area (Å²) in [5.74, 6) is 1.23. The van der Waals surface area contributed by atoms with Crippen molar-refractivity contribution in [1.29, 1.82) is 0 Å². The minimum atomic E-state index is -0.289. The van der Waals surface area contributed by atoms with E-state index in [4.69, 9.17) is 4.74 Å². The highest BCUT2D eigenvalue weighted by molar-refractivity contribution is 6.07. The largest absolute Gasteiger partial charge is 0.497 e. The number of rotatable bonds is 10. The molecule has 1 aliphatic heterocycles. The zero-order valence-electron chi connectivity index (χ0n) is 22.1. The first-order valence-electron chi connectivity index (χ1n) is 12.9. The number of hydrogen-bond acceptors (Lipinski definition) is 8. The monoisotopic (exact) mass is 528 g/mol. The maximum absolute atomic E-state index is 13.0. The predicted molar refractivity (Wildman–Crippen MR) is 150 cm³/mol. The van der Waals surface area contributed by atoms with Crippen LogP contribution in [0, 0.1) is 0 Å². The van der Waals surface area contributed by atoms with Crippen LogP contribution in [0.5, 0.6) is 5.75 Å². The van der Waals surface area contributed by atoms with Crippen molar-refractivity contribution < 1.29 is 14.3 Å². The quantitative estimate of drug-likeness (QED) is 0.268. The van der Waals surface area contributed by atoms with Crippen LogP contribution in [0.15, 0.2) is 55.0 Å². The Morgan fingerprint density at radius 1 is 1.18 bits per heavy atom. The number of H-pyrrole nitrogens is 1. The first-order valence-corrected chi connectivity index (χ1v) is 12.9. The van der Waals surface area contributed by atoms with Gasteiger partial charge in [-0.05, 0) is 62.2 Å². The van der Waals surface area contributed by atoms with Crippen molar-refractivity contribution in [2.75, 3.05) is 49.3 Å². The molecule has 11 heteroatoms. The molecule has 0 saturated carbocycles. The molecule has 0 unspecified atom stereocenters. The van der Waals surface area contributed by atoms with Crippen molar-refractivity contribution in [3.05, 3.63) is 66.2 Å². The normalized spacial score (nSPS) is 14.0. The molecular weight excluding hydrogens is 496 g/mol. The highest BCUT2D eigenvalue weighted by Crippen LogP contribution is 2.25. The SMILES string of the molecule is COc1ccc(NC=O)c(CCN(C)C2CCN(c3cc(C(=O)Nc4cccc5[nH]ncc45)ncn3)CC2)c1. The first kappa shape index (κ1) is 26.1. The molecule has 2 aromatic heterocycles. The minimum absolute atomic E-state index is 0.289. The summed E-state index contributed by atoms with van der Waals surface area (Å²) < 4.78 is 5.36. The molecule has 0 atom stereocenters. The average Bonchev–Trinajstić information content (AvgIpc) is 3.47. The summed E-state index contributed by atoms with van der Waals surface area (Å²) in [4.78, 5) is 37.2. The molecule has 4 aromatic rings. The Morgan fingerprint density at radius 2 is 2.03 bits per heavy atom. The fourth-order valence-electron chi connectivity index (χ4n) is 5.03. The Morgan fingerprint density at radius 3 is 2.82 bits per heavy atom. The smallest absolute Gasteiger partial charge is 0.274 e. The third kappa shape index (κ3) is 5.99. The number of anilines is 3. The van der Waals surface area contributed by atoms with Crippen LogP contribution < -0.4 is 20.3 Å². The number of carbonyl (C=O) groups is 2. The summed E-state index contributed by atoms with van der Waals surface area (Å²) in [7, 11) is 3.78. The van der Waals surface area contributed by atoms with Crippen LogP contribution in [0.25, 0.3) is 10.9 Å². The minimum Gasteiger partial charge on any atom is -0.497 e. The lowest BCUT2D eigenvalue weighted by molar-refractivity contribution is -0.105. The van der Waals surface area contributed by atoms with E-state index in [2.05, 4.69) is 47.6 Å². The Labute approximate surface area is 226 Å². The van der Waals surface area contributed by atoms with Gasteiger partial charge in [0, 0.05) is 42.8 Å². The molecule has 3 heterocycles. The van der Waals surface area contributed by atoms with Gasteiger partial charge >= 0.3 is 0 Å². The molecule has 3 N–H and O–H groups in total. The number of carbonyl (C=O) groups excluding carboxylic acids is 2. The van der Waals surface area contributed by atoms with Gasteiger partial charge in [0.25, 0.3) is 5.91 Å². The molecule has 2 aromatic carbocycles. The number of piperidine rings is 1. The van der Waals surface area contributed by atoms with E-state index in [1.54, 1.807) is 19.4 Å². The van der Waals surface area contributed by atoms with Crippen LogP contribution in [0.4, 0.5) is 17.2 Å². The number of hydrogen-bond donors (Lipinski definition) is 3. The molecule has 5 rings (SSSR count). The molecule has 39 heavy (non-hydrogen) atoms. The molecular formula is C28H32N8O3. The van der Waals surface area contributed by atoms with Crippen molar-refractivity contribution >= 4 is 40.4 Å². The van der Waals surface area contributed by atoms with Crippen LogP contribution in [0.1, 0.15) is 28.9 Å². The van der Waals surface area contributed by atoms with E-state index >= 15 is 0 Å². The predicted octanol–water partition coefficient (Wildman–Crippen LogP) is 3.33. The van der Waals surface area contributed by atoms with Gasteiger partial charge in [-0.1, -0.05) is 6.07 Å². The van der Waals surface area contributed by atoms with Gasteiger partial charge in [0.05, 0.1) is 24.5 Å². The lowest BCUT2D eigenvalue weighted by Crippen LogP contribution is -2.44. The second kappa shape index (κ2) is 11.9. The molecule has 0 radical (unpaired) electrons. The summed E-state index contributed by atoms with van der Waals surface area (Å²) in [5, 5.41) is 13.5. The fourth-order valence-corrected chi connectivity index (χ4v) is 5.03. The summed E-state index contributed by atoms with van der Waals surface area (Å²) >= 11 is 0. The van der Waals surface area contributed by atoms with Gasteiger partial charge in [-0.3, -0.25) is 14.7 Å². The maximum atomic E-state index is 13.0. The van der Waals surface area contributed by atoms with Gasteiger partial charge in [0.1, 0.15) is 23.6 Å². The van der Waals surface area contributed by atoms with Crippen LogP contribution in [-0.4, -0.2) is 77.2 Å². The Kier molecular flexibility index (Phi) is 7.97. The van der Waals surface area contributed by atoms with Gasteiger partial charge in [-0.15, -0.1) is 0 Å². The van der Waals surface area contributed by atoms with Crippen molar-refractivity contribution in [3.8, 4) is 5.75 Å². The van der Waals surface area contributed by atoms with E-state index in [9.17, 15) is 9.59 Å². The Balaban J connectivity index is 1.17. The Bertz CT molecular complexity index is 1450. The highest BCUT2D eigenvalue weighted by Gasteiger charge is 2.24. The number of methoxy groups -OCH3 is 1. The number of aromatic amines is 1. The summed E-state index contributed by atoms with van der Waals surface area (Å²) in [6.45, 7) is 2.52. The molecule has 202 valence electrons. The van der Waals surface area contributed by atoms with Gasteiger partial charge < -0.3 is 25.2 Å². The zero-order chi connectivity index (χ0) is 27.2. The number of nitrogens with one attached hydrogen (secondary N) is 3. The molecule has 1 aliphatic rings. The number of ether oxygens (including phenoxy) is 1. The van der Waals surface area contributed by atoms with Gasteiger partial charge in [-0.2, -0.15) is 5.10 Å². The van der Waals surface area contributed by atoms with Crippen LogP contribution in [-0.2, 0) is 11.2 Å². The van der Waals surface area contributed by atoms with Crippen molar-refractivity contribution in [2.24, 2.45) is 0 Å². The fraction of sp³-hybridized carbons (Fsp3) is 0.321. The van der Waals surface area contributed by atoms with Gasteiger partial charge in [0.15, 0.2) is 0 Å². The van der Waals surface area contributed by atoms with Crippen molar-refractivity contribution in [1.82, 2.24) is 25.1 Å². The molecule has 11 nitrogen and oxygen atoms in total. The van der Waals surface area contributed by atoms with Crippen LogP contribution in [0.2, 0.25) is 0 Å². The lowest BCUT2D eigenvalue weighted by atomic mass is 10.0. The van der Waals surface area contributed by atoms with Crippen molar-refractivity contribution in [3.63, 3.8) is 0 Å². The second-order valence-corrected chi connectivity index (χ2v) is 9.59. The number of likely N-dealkylation sites (N-methyl/N-ethyl adjacent to an activating group) is 1. The number of amides is 2. The first-order chi connectivity index (χ1) is 19.1. The summed E-state index contributed by atoms with van der Waals surface area (Å²) in [5.41, 5.74) is 3.70. The third-order valence-electron chi connectivity index (χ3n) is 7.29. The summed E-state index contributed by atoms with van der Waals surface area (Å²) in [6.07, 6.45) is 6.58.